The zero-order chi connectivity index (χ0) is 14.5. The molecule has 1 saturated heterocycles. The van der Waals surface area contributed by atoms with Crippen molar-refractivity contribution in [2.45, 2.75) is 31.0 Å². The monoisotopic (exact) mass is 280 g/mol. The van der Waals surface area contributed by atoms with Crippen molar-refractivity contribution in [1.29, 1.82) is 0 Å². The molecular formula is C12H16N4O4. The fourth-order valence-corrected chi connectivity index (χ4v) is 2.52. The van der Waals surface area contributed by atoms with Crippen LogP contribution < -0.4 is 5.73 Å². The molecule has 2 aromatic heterocycles. The molecule has 4 atom stereocenters. The van der Waals surface area contributed by atoms with Crippen LogP contribution in [0.5, 0.6) is 0 Å². The van der Waals surface area contributed by atoms with E-state index in [4.69, 9.17) is 10.5 Å². The third-order valence-corrected chi connectivity index (χ3v) is 3.68. The predicted molar refractivity (Wildman–Crippen MR) is 69.6 cm³/mol. The molecule has 5 N–H and O–H groups in total. The molecule has 0 amide bonds. The molecule has 0 saturated carbocycles. The number of aliphatic hydroxyl groups excluding tert-OH is 2. The second-order valence-electron chi connectivity index (χ2n) is 5.10. The molecule has 1 fully saturated rings. The first-order valence-corrected chi connectivity index (χ1v) is 6.20. The van der Waals surface area contributed by atoms with Crippen LogP contribution in [0.3, 0.4) is 0 Å². The number of nitrogens with zero attached hydrogens (tertiary/aromatic N) is 3. The molecule has 20 heavy (non-hydrogen) atoms. The number of nitrogens with two attached hydrogens (primary N) is 1. The van der Waals surface area contributed by atoms with E-state index in [1.807, 2.05) is 0 Å². The highest BCUT2D eigenvalue weighted by Gasteiger charge is 2.53. The van der Waals surface area contributed by atoms with Gasteiger partial charge in [-0.2, -0.15) is 0 Å². The first-order valence-electron chi connectivity index (χ1n) is 6.20. The van der Waals surface area contributed by atoms with Gasteiger partial charge in [-0.25, -0.2) is 9.97 Å². The average Bonchev–Trinajstić information content (AvgIpc) is 2.92. The summed E-state index contributed by atoms with van der Waals surface area (Å²) in [6.07, 6.45) is -0.0162. The smallest absolute Gasteiger partial charge is 0.168 e. The highest BCUT2D eigenvalue weighted by atomic mass is 16.6. The molecule has 2 aromatic rings. The molecule has 0 radical (unpaired) electrons. The van der Waals surface area contributed by atoms with E-state index in [9.17, 15) is 15.3 Å². The maximum atomic E-state index is 10.4. The third-order valence-electron chi connectivity index (χ3n) is 3.68. The summed E-state index contributed by atoms with van der Waals surface area (Å²) >= 11 is 0. The standard InChI is InChI=1S/C12H16N4O4/c1-12(19)9(18)7(4-17)20-11(12)16-5-15-8-6(13)2-3-14-10(8)16/h2-3,5,7,9,11,17-19H,4H2,1H3,(H2,13,14)/t7-,9+,11-,12?/m1/s1. The zero-order valence-electron chi connectivity index (χ0n) is 10.8. The number of anilines is 1. The predicted octanol–water partition coefficient (Wildman–Crippen LogP) is -0.985. The second-order valence-corrected chi connectivity index (χ2v) is 5.10. The van der Waals surface area contributed by atoms with E-state index >= 15 is 0 Å². The van der Waals surface area contributed by atoms with Crippen LogP contribution in [0.1, 0.15) is 13.2 Å². The number of aliphatic hydroxyl groups is 3. The van der Waals surface area contributed by atoms with Gasteiger partial charge in [-0.3, -0.25) is 4.57 Å². The van der Waals surface area contributed by atoms with E-state index in [-0.39, 0.29) is 0 Å². The quantitative estimate of drug-likeness (QED) is 0.556. The zero-order valence-corrected chi connectivity index (χ0v) is 10.8. The second kappa shape index (κ2) is 4.38. The first kappa shape index (κ1) is 13.3. The third kappa shape index (κ3) is 1.70. The number of fused-ring (bicyclic) bond motifs is 1. The van der Waals surface area contributed by atoms with Crippen molar-refractivity contribution in [3.63, 3.8) is 0 Å². The van der Waals surface area contributed by atoms with Gasteiger partial charge in [0.2, 0.25) is 0 Å². The average molecular weight is 280 g/mol. The minimum absolute atomic E-state index is 0.393. The molecule has 3 rings (SSSR count). The molecule has 0 spiro atoms. The minimum Gasteiger partial charge on any atom is -0.397 e. The molecule has 0 bridgehead atoms. The molecule has 108 valence electrons. The summed E-state index contributed by atoms with van der Waals surface area (Å²) in [5, 5.41) is 29.6. The van der Waals surface area contributed by atoms with Crippen LogP contribution in [0, 0.1) is 0 Å². The van der Waals surface area contributed by atoms with Crippen molar-refractivity contribution in [3.05, 3.63) is 18.6 Å². The Morgan fingerprint density at radius 1 is 1.50 bits per heavy atom. The Morgan fingerprint density at radius 2 is 2.25 bits per heavy atom. The van der Waals surface area contributed by atoms with E-state index in [0.29, 0.717) is 16.9 Å². The summed E-state index contributed by atoms with van der Waals surface area (Å²) in [6, 6.07) is 1.62. The van der Waals surface area contributed by atoms with E-state index in [1.54, 1.807) is 6.07 Å². The van der Waals surface area contributed by atoms with Gasteiger partial charge in [0.1, 0.15) is 23.3 Å². The number of hydrogen-bond acceptors (Lipinski definition) is 7. The number of imidazole rings is 1. The van der Waals surface area contributed by atoms with Crippen LogP contribution in [-0.2, 0) is 4.74 Å². The van der Waals surface area contributed by atoms with E-state index in [2.05, 4.69) is 9.97 Å². The molecule has 1 aliphatic heterocycles. The molecule has 8 heteroatoms. The Hall–Kier alpha value is -1.74. The van der Waals surface area contributed by atoms with Crippen molar-refractivity contribution < 1.29 is 20.1 Å². The highest BCUT2D eigenvalue weighted by Crippen LogP contribution is 2.39. The van der Waals surface area contributed by atoms with Gasteiger partial charge in [0.25, 0.3) is 0 Å². The van der Waals surface area contributed by atoms with Gasteiger partial charge in [0.15, 0.2) is 11.9 Å². The van der Waals surface area contributed by atoms with Crippen LogP contribution in [0.25, 0.3) is 11.2 Å². The maximum Gasteiger partial charge on any atom is 0.168 e. The topological polar surface area (TPSA) is 127 Å². The molecule has 0 aliphatic carbocycles. The molecule has 3 heterocycles. The lowest BCUT2D eigenvalue weighted by Crippen LogP contribution is -2.44. The summed E-state index contributed by atoms with van der Waals surface area (Å²) < 4.78 is 7.03. The number of hydrogen-bond donors (Lipinski definition) is 4. The van der Waals surface area contributed by atoms with Crippen molar-refractivity contribution in [3.8, 4) is 0 Å². The van der Waals surface area contributed by atoms with E-state index in [1.165, 1.54) is 24.0 Å². The van der Waals surface area contributed by atoms with Crippen LogP contribution in [0.2, 0.25) is 0 Å². The van der Waals surface area contributed by atoms with Crippen molar-refractivity contribution in [1.82, 2.24) is 14.5 Å². The van der Waals surface area contributed by atoms with Crippen LogP contribution in [-0.4, -0.2) is 54.3 Å². The van der Waals surface area contributed by atoms with Gasteiger partial charge in [-0.1, -0.05) is 0 Å². The summed E-state index contributed by atoms with van der Waals surface area (Å²) in [7, 11) is 0. The summed E-state index contributed by atoms with van der Waals surface area (Å²) in [5.41, 5.74) is 5.64. The number of ether oxygens (including phenoxy) is 1. The summed E-state index contributed by atoms with van der Waals surface area (Å²) in [6.45, 7) is 1.05. The fourth-order valence-electron chi connectivity index (χ4n) is 2.52. The van der Waals surface area contributed by atoms with E-state index < -0.39 is 30.6 Å². The Balaban J connectivity index is 2.10. The number of rotatable bonds is 2. The molecule has 0 aromatic carbocycles. The van der Waals surface area contributed by atoms with Gasteiger partial charge in [0.05, 0.1) is 18.6 Å². The van der Waals surface area contributed by atoms with E-state index in [0.717, 1.165) is 0 Å². The van der Waals surface area contributed by atoms with Crippen molar-refractivity contribution >= 4 is 16.9 Å². The maximum absolute atomic E-state index is 10.4. The summed E-state index contributed by atoms with van der Waals surface area (Å²) in [4.78, 5) is 8.32. The highest BCUT2D eigenvalue weighted by molar-refractivity contribution is 5.83. The molecular weight excluding hydrogens is 264 g/mol. The SMILES string of the molecule is CC1(O)[C@@H](O)[C@@H](CO)O[C@H]1n1cnc2c(N)ccnc21. The van der Waals surface area contributed by atoms with Gasteiger partial charge >= 0.3 is 0 Å². The van der Waals surface area contributed by atoms with Crippen LogP contribution in [0.4, 0.5) is 5.69 Å². The van der Waals surface area contributed by atoms with Gasteiger partial charge in [-0.05, 0) is 13.0 Å². The molecule has 1 unspecified atom stereocenters. The van der Waals surface area contributed by atoms with Gasteiger partial charge < -0.3 is 25.8 Å². The lowest BCUT2D eigenvalue weighted by Gasteiger charge is -2.27. The van der Waals surface area contributed by atoms with Crippen molar-refractivity contribution in [2.24, 2.45) is 0 Å². The Morgan fingerprint density at radius 3 is 2.90 bits per heavy atom. The lowest BCUT2D eigenvalue weighted by atomic mass is 9.96. The van der Waals surface area contributed by atoms with Crippen molar-refractivity contribution in [2.75, 3.05) is 12.3 Å². The van der Waals surface area contributed by atoms with Crippen LogP contribution in [0.15, 0.2) is 18.6 Å². The summed E-state index contributed by atoms with van der Waals surface area (Å²) in [5.74, 6) is 0. The minimum atomic E-state index is -1.58. The molecule has 8 nitrogen and oxygen atoms in total. The first-order chi connectivity index (χ1) is 9.46. The normalized spacial score (nSPS) is 33.9. The Bertz CT molecular complexity index is 641. The number of aromatic nitrogens is 3. The van der Waals surface area contributed by atoms with Crippen LogP contribution >= 0.6 is 0 Å². The lowest BCUT2D eigenvalue weighted by molar-refractivity contribution is -0.0950. The van der Waals surface area contributed by atoms with Gasteiger partial charge in [0, 0.05) is 6.20 Å². The van der Waals surface area contributed by atoms with Gasteiger partial charge in [-0.15, -0.1) is 0 Å². The number of nitrogen functional groups attached to an aromatic ring is 1. The Labute approximate surface area is 114 Å². The Kier molecular flexibility index (Phi) is 2.91. The largest absolute Gasteiger partial charge is 0.397 e. The fraction of sp³-hybridized carbons (Fsp3) is 0.500. The molecule has 1 aliphatic rings. The number of pyridine rings is 1.